The molecule has 0 aliphatic heterocycles. The maximum absolute atomic E-state index is 13.2. The Labute approximate surface area is 205 Å². The first-order valence-electron chi connectivity index (χ1n) is 10.3. The number of aromatic nitrogens is 2. The van der Waals surface area contributed by atoms with E-state index in [1.54, 1.807) is 24.3 Å². The number of benzene rings is 3. The van der Waals surface area contributed by atoms with E-state index in [-0.39, 0.29) is 16.4 Å². The molecule has 2 N–H and O–H groups in total. The summed E-state index contributed by atoms with van der Waals surface area (Å²) < 4.78 is 29.0. The zero-order chi connectivity index (χ0) is 23.9. The number of thiophene rings is 1. The molecular weight excluding hydrogens is 490 g/mol. The van der Waals surface area contributed by atoms with Crippen LogP contribution in [0.2, 0.25) is 5.02 Å². The molecule has 5 rings (SSSR count). The molecule has 0 radical (unpaired) electrons. The number of imidazole rings is 1. The number of sulfonamides is 1. The smallest absolute Gasteiger partial charge is 0.262 e. The van der Waals surface area contributed by atoms with Gasteiger partial charge >= 0.3 is 0 Å². The SMILES string of the molecule is CC(=O)c1sc(-c2ccc(Cl)cc2)cc1NS(=O)(=O)c1ccc2nc(-c3ccccc3)[nH]c2c1. The Bertz CT molecular complexity index is 1620. The van der Waals surface area contributed by atoms with Crippen molar-refractivity contribution in [2.75, 3.05) is 4.72 Å². The molecule has 170 valence electrons. The third kappa shape index (κ3) is 4.35. The van der Waals surface area contributed by atoms with Gasteiger partial charge < -0.3 is 4.98 Å². The summed E-state index contributed by atoms with van der Waals surface area (Å²) in [4.78, 5) is 21.1. The van der Waals surface area contributed by atoms with Crippen molar-refractivity contribution in [2.24, 2.45) is 0 Å². The van der Waals surface area contributed by atoms with Crippen molar-refractivity contribution in [3.05, 3.63) is 88.8 Å². The van der Waals surface area contributed by atoms with E-state index in [4.69, 9.17) is 11.6 Å². The quantitative estimate of drug-likeness (QED) is 0.253. The van der Waals surface area contributed by atoms with Gasteiger partial charge in [-0.2, -0.15) is 0 Å². The van der Waals surface area contributed by atoms with E-state index in [1.807, 2.05) is 42.5 Å². The summed E-state index contributed by atoms with van der Waals surface area (Å²) in [7, 11) is -3.96. The van der Waals surface area contributed by atoms with E-state index >= 15 is 0 Å². The number of rotatable bonds is 6. The number of Topliss-reactive ketones (excluding diaryl/α,β-unsaturated/α-hetero) is 1. The number of nitrogens with one attached hydrogen (secondary N) is 2. The molecule has 3 aromatic carbocycles. The minimum Gasteiger partial charge on any atom is -0.338 e. The van der Waals surface area contributed by atoms with Gasteiger partial charge in [-0.15, -0.1) is 11.3 Å². The summed E-state index contributed by atoms with van der Waals surface area (Å²) in [5, 5.41) is 0.595. The predicted molar refractivity (Wildman–Crippen MR) is 137 cm³/mol. The highest BCUT2D eigenvalue weighted by atomic mass is 35.5. The highest BCUT2D eigenvalue weighted by molar-refractivity contribution is 7.92. The van der Waals surface area contributed by atoms with Gasteiger partial charge in [-0.1, -0.05) is 54.1 Å². The molecule has 2 aromatic heterocycles. The Hall–Kier alpha value is -3.46. The van der Waals surface area contributed by atoms with Gasteiger partial charge in [-0.25, -0.2) is 13.4 Å². The van der Waals surface area contributed by atoms with Crippen molar-refractivity contribution in [1.29, 1.82) is 0 Å². The highest BCUT2D eigenvalue weighted by Gasteiger charge is 2.21. The number of anilines is 1. The lowest BCUT2D eigenvalue weighted by Crippen LogP contribution is -2.14. The standard InChI is InChI=1S/C25H18ClN3O3S2/c1-15(30)24-22(14-23(33-24)16-7-9-18(26)10-8-16)29-34(31,32)19-11-12-20-21(13-19)28-25(27-20)17-5-3-2-4-6-17/h2-14,29H,1H3,(H,27,28). The fourth-order valence-corrected chi connectivity index (χ4v) is 5.87. The molecule has 0 aliphatic rings. The van der Waals surface area contributed by atoms with Crippen LogP contribution in [-0.4, -0.2) is 24.2 Å². The van der Waals surface area contributed by atoms with E-state index in [0.717, 1.165) is 16.0 Å². The molecule has 0 fully saturated rings. The molecule has 5 aromatic rings. The van der Waals surface area contributed by atoms with Gasteiger partial charge in [0.25, 0.3) is 10.0 Å². The first-order valence-corrected chi connectivity index (χ1v) is 13.0. The number of hydrogen-bond acceptors (Lipinski definition) is 5. The minimum absolute atomic E-state index is 0.0667. The van der Waals surface area contributed by atoms with E-state index in [2.05, 4.69) is 14.7 Å². The summed E-state index contributed by atoms with van der Waals surface area (Å²) >= 11 is 7.20. The van der Waals surface area contributed by atoms with E-state index in [0.29, 0.717) is 26.8 Å². The lowest BCUT2D eigenvalue weighted by Gasteiger charge is -2.08. The largest absolute Gasteiger partial charge is 0.338 e. The predicted octanol–water partition coefficient (Wildman–Crippen LogP) is 6.62. The van der Waals surface area contributed by atoms with Crippen LogP contribution in [0, 0.1) is 0 Å². The lowest BCUT2D eigenvalue weighted by atomic mass is 10.2. The molecule has 9 heteroatoms. The number of nitrogens with zero attached hydrogens (tertiary/aromatic N) is 1. The third-order valence-corrected chi connectivity index (χ3v) is 8.14. The maximum Gasteiger partial charge on any atom is 0.262 e. The molecular formula is C25H18ClN3O3S2. The van der Waals surface area contributed by atoms with Crippen LogP contribution in [0.15, 0.2) is 83.8 Å². The zero-order valence-electron chi connectivity index (χ0n) is 17.9. The van der Waals surface area contributed by atoms with E-state index in [1.165, 1.54) is 30.4 Å². The average Bonchev–Trinajstić information content (AvgIpc) is 3.44. The molecule has 6 nitrogen and oxygen atoms in total. The van der Waals surface area contributed by atoms with Gasteiger partial charge in [0.05, 0.1) is 26.5 Å². The molecule has 0 saturated carbocycles. The summed E-state index contributed by atoms with van der Waals surface area (Å²) in [6.07, 6.45) is 0. The van der Waals surface area contributed by atoms with E-state index in [9.17, 15) is 13.2 Å². The minimum atomic E-state index is -3.96. The van der Waals surface area contributed by atoms with Crippen LogP contribution < -0.4 is 4.72 Å². The number of hydrogen-bond donors (Lipinski definition) is 2. The second kappa shape index (κ2) is 8.72. The first kappa shape index (κ1) is 22.3. The van der Waals surface area contributed by atoms with Gasteiger partial charge in [0, 0.05) is 22.4 Å². The van der Waals surface area contributed by atoms with Crippen molar-refractivity contribution in [3.8, 4) is 21.8 Å². The molecule has 0 saturated heterocycles. The van der Waals surface area contributed by atoms with Crippen LogP contribution in [0.25, 0.3) is 32.9 Å². The lowest BCUT2D eigenvalue weighted by molar-refractivity contribution is 0.102. The van der Waals surface area contributed by atoms with Gasteiger partial charge in [0.2, 0.25) is 0 Å². The Morgan fingerprint density at radius 1 is 0.971 bits per heavy atom. The summed E-state index contributed by atoms with van der Waals surface area (Å²) in [6, 6.07) is 23.1. The average molecular weight is 508 g/mol. The Balaban J connectivity index is 1.49. The molecule has 0 amide bonds. The Morgan fingerprint density at radius 2 is 1.71 bits per heavy atom. The van der Waals surface area contributed by atoms with Crippen LogP contribution in [0.5, 0.6) is 0 Å². The summed E-state index contributed by atoms with van der Waals surface area (Å²) in [5.41, 5.74) is 3.25. The molecule has 0 aliphatic carbocycles. The number of aromatic amines is 1. The molecule has 0 spiro atoms. The zero-order valence-corrected chi connectivity index (χ0v) is 20.3. The van der Waals surface area contributed by atoms with Crippen LogP contribution in [-0.2, 0) is 10.0 Å². The fraction of sp³-hybridized carbons (Fsp3) is 0.0400. The van der Waals surface area contributed by atoms with Gasteiger partial charge in [-0.05, 0) is 42.0 Å². The Kier molecular flexibility index (Phi) is 5.73. The Morgan fingerprint density at radius 3 is 2.41 bits per heavy atom. The number of ketones is 1. The van der Waals surface area contributed by atoms with Crippen molar-refractivity contribution >= 4 is 55.5 Å². The van der Waals surface area contributed by atoms with Crippen LogP contribution in [0.3, 0.4) is 0 Å². The van der Waals surface area contributed by atoms with Gasteiger partial charge in [0.15, 0.2) is 5.78 Å². The van der Waals surface area contributed by atoms with Crippen molar-refractivity contribution < 1.29 is 13.2 Å². The number of fused-ring (bicyclic) bond motifs is 1. The van der Waals surface area contributed by atoms with Crippen LogP contribution in [0.1, 0.15) is 16.6 Å². The van der Waals surface area contributed by atoms with Crippen LogP contribution in [0.4, 0.5) is 5.69 Å². The number of carbonyl (C=O) groups excluding carboxylic acids is 1. The summed E-state index contributed by atoms with van der Waals surface area (Å²) in [5.74, 6) is 0.432. The first-order chi connectivity index (χ1) is 16.3. The molecule has 0 bridgehead atoms. The normalized spacial score (nSPS) is 11.6. The monoisotopic (exact) mass is 507 g/mol. The maximum atomic E-state index is 13.2. The van der Waals surface area contributed by atoms with Gasteiger partial charge in [0.1, 0.15) is 5.82 Å². The molecule has 0 atom stereocenters. The molecule has 2 heterocycles. The molecule has 0 unspecified atom stereocenters. The summed E-state index contributed by atoms with van der Waals surface area (Å²) in [6.45, 7) is 1.41. The second-order valence-corrected chi connectivity index (χ2v) is 10.8. The highest BCUT2D eigenvalue weighted by Crippen LogP contribution is 2.37. The topological polar surface area (TPSA) is 91.9 Å². The number of carbonyl (C=O) groups is 1. The molecule has 34 heavy (non-hydrogen) atoms. The number of halogens is 1. The number of H-pyrrole nitrogens is 1. The fourth-order valence-electron chi connectivity index (χ4n) is 3.58. The second-order valence-electron chi connectivity index (χ2n) is 7.65. The van der Waals surface area contributed by atoms with Gasteiger partial charge in [-0.3, -0.25) is 9.52 Å². The van der Waals surface area contributed by atoms with Crippen LogP contribution >= 0.6 is 22.9 Å². The van der Waals surface area contributed by atoms with Crippen molar-refractivity contribution in [3.63, 3.8) is 0 Å². The third-order valence-electron chi connectivity index (χ3n) is 5.24. The van der Waals surface area contributed by atoms with Crippen molar-refractivity contribution in [1.82, 2.24) is 9.97 Å². The van der Waals surface area contributed by atoms with E-state index < -0.39 is 10.0 Å². The van der Waals surface area contributed by atoms with Crippen molar-refractivity contribution in [2.45, 2.75) is 11.8 Å².